The number of allylic oxidation sites excluding steroid dienone is 4. The third-order valence-corrected chi connectivity index (χ3v) is 19.9. The van der Waals surface area contributed by atoms with E-state index in [4.69, 9.17) is 135 Å². The van der Waals surface area contributed by atoms with Gasteiger partial charge in [0, 0.05) is 75.7 Å². The lowest BCUT2D eigenvalue weighted by molar-refractivity contribution is -0.157. The quantitative estimate of drug-likeness (QED) is 0.0132. The molecule has 10 N–H and O–H groups in total. The molecule has 0 radical (unpaired) electrons. The van der Waals surface area contributed by atoms with Gasteiger partial charge in [-0.05, 0) is 45.3 Å². The molecule has 12 heterocycles. The molecule has 0 aliphatic carbocycles. The Morgan fingerprint density at radius 3 is 0.690 bits per heavy atom. The number of aliphatic hydroxyl groups is 7. The normalized spacial score (nSPS) is 31.0. The van der Waals surface area contributed by atoms with Crippen LogP contribution in [0.2, 0.25) is 0 Å². The van der Waals surface area contributed by atoms with Crippen LogP contribution in [0.3, 0.4) is 0 Å². The van der Waals surface area contributed by atoms with Crippen LogP contribution in [0.1, 0.15) is 110 Å². The summed E-state index contributed by atoms with van der Waals surface area (Å²) in [6.07, 6.45) is -5.20. The lowest BCUT2D eigenvalue weighted by Crippen LogP contribution is -2.36. The second kappa shape index (κ2) is 51.5. The zero-order valence-corrected chi connectivity index (χ0v) is 69.0. The van der Waals surface area contributed by atoms with Crippen LogP contribution in [0.25, 0.3) is 0 Å². The Bertz CT molecular complexity index is 3740. The van der Waals surface area contributed by atoms with Gasteiger partial charge in [-0.1, -0.05) is 26.3 Å². The highest BCUT2D eigenvalue weighted by atomic mass is 16.7. The van der Waals surface area contributed by atoms with Crippen LogP contribution < -0.4 is 0 Å². The van der Waals surface area contributed by atoms with Gasteiger partial charge < -0.3 is 160 Å². The van der Waals surface area contributed by atoms with Gasteiger partial charge in [-0.15, -0.1) is 0 Å². The number of aliphatic hydroxyl groups excluding tert-OH is 7. The number of Topliss-reactive ketones (excluding diaryl/α,β-unsaturated/α-hetero) is 2. The fourth-order valence-corrected chi connectivity index (χ4v) is 14.0. The van der Waals surface area contributed by atoms with Crippen molar-refractivity contribution in [3.8, 4) is 0 Å². The SMILES string of the molecule is C=C(O)C=CC(=O)O[C@@H]1CO[C@H]2[C@@H]1OC[C@H]2O.C=C(O)C=CC(=O)O[C@H]1CO[C@H]2[C@@H]1OC[C@@H]2OC(=O)C=CC(=O)O.C=C(O)CCC(=O)O[C@H]1CO[C@H]2[C@@H]1OC[C@@H]2O.C=C(O)CCC(=O)O[C@H]1CO[C@H]2[C@@H]1OC[C@@H]2OC(=O)CCC(=O)O.CC(=O)CCCC(=O)O[C@H]1CO[C@H]2[C@@H]1OC[C@@H]2O.CC(=O)CCCC(=O)O[C@H]1CO[C@H]2[C@@H]1OC[C@@H]2OC(=O)CCCC(=O)O. The van der Waals surface area contributed by atoms with E-state index in [0.29, 0.717) is 31.8 Å². The molecule has 126 heavy (non-hydrogen) atoms. The highest BCUT2D eigenvalue weighted by molar-refractivity contribution is 5.91. The monoisotopic (exact) mass is 1800 g/mol. The molecular weight excluding hydrogens is 1690 g/mol. The summed E-state index contributed by atoms with van der Waals surface area (Å²) >= 11 is 0. The van der Waals surface area contributed by atoms with E-state index in [0.717, 1.165) is 30.4 Å². The number of carbonyl (C=O) groups is 14. The van der Waals surface area contributed by atoms with Crippen LogP contribution in [0, 0.1) is 0 Å². The highest BCUT2D eigenvalue weighted by Gasteiger charge is 2.56. The smallest absolute Gasteiger partial charge is 0.331 e. The third kappa shape index (κ3) is 34.2. The predicted octanol–water partition coefficient (Wildman–Crippen LogP) is 0.232. The van der Waals surface area contributed by atoms with Crippen molar-refractivity contribution < 1.29 is 218 Å². The Balaban J connectivity index is 0.000000209. The third-order valence-electron chi connectivity index (χ3n) is 19.9. The summed E-state index contributed by atoms with van der Waals surface area (Å²) in [5, 5.41) is 89.5. The predicted molar refractivity (Wildman–Crippen MR) is 412 cm³/mol. The van der Waals surface area contributed by atoms with Gasteiger partial charge in [-0.25, -0.2) is 19.2 Å². The van der Waals surface area contributed by atoms with Gasteiger partial charge >= 0.3 is 71.6 Å². The van der Waals surface area contributed by atoms with Crippen LogP contribution in [0.4, 0.5) is 0 Å². The van der Waals surface area contributed by atoms with E-state index in [2.05, 4.69) is 26.3 Å². The van der Waals surface area contributed by atoms with Gasteiger partial charge in [0.05, 0.1) is 116 Å². The van der Waals surface area contributed by atoms with Crippen molar-refractivity contribution in [2.75, 3.05) is 79.3 Å². The van der Waals surface area contributed by atoms with E-state index < -0.39 is 194 Å². The Morgan fingerprint density at radius 1 is 0.254 bits per heavy atom. The first-order chi connectivity index (χ1) is 59.8. The molecule has 45 nitrogen and oxygen atoms in total. The van der Waals surface area contributed by atoms with E-state index in [-0.39, 0.29) is 209 Å². The zero-order chi connectivity index (χ0) is 92.4. The number of ether oxygens (including phenoxy) is 21. The van der Waals surface area contributed by atoms with Crippen LogP contribution in [0.15, 0.2) is 85.8 Å². The standard InChI is InChI=1S/C17H24O9.C15H20O9.C15H16O9.C12H18O6.C11H16O6.C11H14O6/c1-10(18)4-2-6-14(21)25-11-8-23-17-12(9-24-16(11)17)26-15(22)7-3-5-13(19)20;2*1-8(16)2-4-12(19)23-9-6-21-15-10(7-22-14(9)15)24-13(20)5-3-11(17)18;1-7(13)3-2-4-10(15)18-9-6-17-11-8(14)5-16-12(9)11;2*1-6(12)2-3-9(14)17-8-5-16-10-7(13)4-15-11(8)10/h11-12,16-17H,2-9H2,1H3,(H,19,20);9-10,14-16H,1-7H2,(H,17,18);2-5,9-10,14-16H,1,6-7H2,(H,17,18);8-9,11-12,14H,2-6H2,1H3;7-8,10-13H,1-5H2;2-3,7-8,10-13H,1,4-5H2/t11-,12-,16+,17+;2*9-,10-,14+,15+;8-,9-,11+,12+;7-,8-,10+,11+;7-,8-,10-,11-/m000001/s1. The molecular formula is C81H108O45. The second-order valence-electron chi connectivity index (χ2n) is 30.1. The lowest BCUT2D eigenvalue weighted by Gasteiger charge is -2.17. The van der Waals surface area contributed by atoms with Gasteiger partial charge in [-0.2, -0.15) is 0 Å². The fourth-order valence-electron chi connectivity index (χ4n) is 14.0. The summed E-state index contributed by atoms with van der Waals surface area (Å²) in [6.45, 7) is 17.8. The number of aliphatic carboxylic acids is 3. The molecule has 12 fully saturated rings. The molecule has 0 unspecified atom stereocenters. The zero-order valence-electron chi connectivity index (χ0n) is 69.0. The van der Waals surface area contributed by atoms with Gasteiger partial charge in [0.15, 0.2) is 54.9 Å². The highest BCUT2D eigenvalue weighted by Crippen LogP contribution is 2.36. The van der Waals surface area contributed by atoms with Crippen LogP contribution in [-0.2, 0) is 167 Å². The Kier molecular flexibility index (Phi) is 42.1. The van der Waals surface area contributed by atoms with Crippen molar-refractivity contribution in [1.29, 1.82) is 0 Å². The average Bonchev–Trinajstić information content (AvgIpc) is 1.66. The molecule has 12 saturated heterocycles. The molecule has 0 amide bonds. The molecule has 0 aromatic carbocycles. The number of carboxylic acids is 3. The number of hydrogen-bond acceptors (Lipinski definition) is 42. The first-order valence-corrected chi connectivity index (χ1v) is 40.2. The molecule has 24 atom stereocenters. The maximum Gasteiger partial charge on any atom is 0.331 e. The van der Waals surface area contributed by atoms with Gasteiger partial charge in [0.25, 0.3) is 0 Å². The van der Waals surface area contributed by atoms with Crippen molar-refractivity contribution in [3.05, 3.63) is 85.8 Å². The van der Waals surface area contributed by atoms with Crippen LogP contribution >= 0.6 is 0 Å². The molecule has 0 aromatic heterocycles. The van der Waals surface area contributed by atoms with E-state index >= 15 is 0 Å². The number of carbonyl (C=O) groups excluding carboxylic acids is 11. The number of carboxylic acid groups (broad SMARTS) is 3. The fraction of sp³-hybridized carbons (Fsp3) is 0.654. The molecule has 0 saturated carbocycles. The Morgan fingerprint density at radius 2 is 0.460 bits per heavy atom. The van der Waals surface area contributed by atoms with Crippen molar-refractivity contribution in [1.82, 2.24) is 0 Å². The first kappa shape index (κ1) is 103. The molecule has 0 spiro atoms. The Labute approximate surface area is 720 Å². The first-order valence-electron chi connectivity index (χ1n) is 40.2. The van der Waals surface area contributed by atoms with E-state index in [1.165, 1.54) is 13.8 Å². The molecule has 12 aliphatic heterocycles. The van der Waals surface area contributed by atoms with E-state index in [1.807, 2.05) is 0 Å². The molecule has 0 aromatic rings. The summed E-state index contributed by atoms with van der Waals surface area (Å²) in [6, 6.07) is 0. The topological polar surface area (TPSA) is 635 Å². The van der Waals surface area contributed by atoms with Crippen molar-refractivity contribution in [2.45, 2.75) is 257 Å². The summed E-state index contributed by atoms with van der Waals surface area (Å²) in [5.74, 6) is -8.89. The molecule has 702 valence electrons. The number of hydrogen-bond donors (Lipinski definition) is 10. The molecule has 12 rings (SSSR count). The molecule has 45 heteroatoms. The van der Waals surface area contributed by atoms with E-state index in [9.17, 15) is 82.4 Å². The van der Waals surface area contributed by atoms with Crippen molar-refractivity contribution in [2.24, 2.45) is 0 Å². The van der Waals surface area contributed by atoms with E-state index in [1.54, 1.807) is 0 Å². The summed E-state index contributed by atoms with van der Waals surface area (Å²) < 4.78 is 112. The minimum absolute atomic E-state index is 0.00315. The largest absolute Gasteiger partial charge is 0.513 e. The van der Waals surface area contributed by atoms with Gasteiger partial charge in [-0.3, -0.25) is 38.4 Å². The minimum Gasteiger partial charge on any atom is -0.513 e. The maximum absolute atomic E-state index is 11.8. The Hall–Kier alpha value is -10.2. The van der Waals surface area contributed by atoms with Crippen molar-refractivity contribution in [3.63, 3.8) is 0 Å². The summed E-state index contributed by atoms with van der Waals surface area (Å²) in [7, 11) is 0. The van der Waals surface area contributed by atoms with Crippen LogP contribution in [0.5, 0.6) is 0 Å². The summed E-state index contributed by atoms with van der Waals surface area (Å²) in [5.41, 5.74) is 0. The number of rotatable bonds is 36. The minimum atomic E-state index is -1.27. The molecule has 0 bridgehead atoms. The number of esters is 9. The summed E-state index contributed by atoms with van der Waals surface area (Å²) in [4.78, 5) is 157. The van der Waals surface area contributed by atoms with Gasteiger partial charge in [0.1, 0.15) is 115 Å². The molecule has 12 aliphatic rings. The van der Waals surface area contributed by atoms with Gasteiger partial charge in [0.2, 0.25) is 0 Å². The second-order valence-corrected chi connectivity index (χ2v) is 30.1. The lowest BCUT2D eigenvalue weighted by atomic mass is 10.1. The van der Waals surface area contributed by atoms with Crippen LogP contribution in [-0.4, -0.2) is 360 Å². The average molecular weight is 1800 g/mol. The maximum atomic E-state index is 11.8. The number of fused-ring (bicyclic) bond motifs is 6. The van der Waals surface area contributed by atoms with Crippen molar-refractivity contribution >= 4 is 83.2 Å². The number of ketones is 2.